The first-order valence-corrected chi connectivity index (χ1v) is 6.13. The molecule has 1 aliphatic rings. The van der Waals surface area contributed by atoms with E-state index in [-0.39, 0.29) is 0 Å². The van der Waals surface area contributed by atoms with Crippen molar-refractivity contribution in [1.82, 2.24) is 5.32 Å². The quantitative estimate of drug-likeness (QED) is 0.564. The van der Waals surface area contributed by atoms with Crippen LogP contribution >= 0.6 is 0 Å². The maximum atomic E-state index is 5.56. The standard InChI is InChI=1S/C12H25NO2/c1-11(6-9-14-2)13-7-3-8-15-10-12-4-5-12/h11-13H,3-10H2,1-2H3. The highest BCUT2D eigenvalue weighted by molar-refractivity contribution is 4.71. The molecule has 15 heavy (non-hydrogen) atoms. The number of methoxy groups -OCH3 is 1. The van der Waals surface area contributed by atoms with Gasteiger partial charge in [0.15, 0.2) is 0 Å². The Bertz CT molecular complexity index is 149. The molecule has 1 atom stereocenters. The van der Waals surface area contributed by atoms with Crippen LogP contribution in [0.2, 0.25) is 0 Å². The van der Waals surface area contributed by atoms with E-state index in [1.165, 1.54) is 12.8 Å². The largest absolute Gasteiger partial charge is 0.385 e. The molecule has 0 spiro atoms. The smallest absolute Gasteiger partial charge is 0.0494 e. The molecule has 0 aromatic carbocycles. The summed E-state index contributed by atoms with van der Waals surface area (Å²) in [5, 5.41) is 3.46. The van der Waals surface area contributed by atoms with Gasteiger partial charge in [-0.25, -0.2) is 0 Å². The van der Waals surface area contributed by atoms with Crippen LogP contribution in [-0.2, 0) is 9.47 Å². The Balaban J connectivity index is 1.74. The van der Waals surface area contributed by atoms with Crippen LogP contribution in [0.1, 0.15) is 32.6 Å². The van der Waals surface area contributed by atoms with Gasteiger partial charge in [-0.2, -0.15) is 0 Å². The average molecular weight is 215 g/mol. The van der Waals surface area contributed by atoms with Crippen LogP contribution in [-0.4, -0.2) is 39.5 Å². The molecule has 0 aromatic heterocycles. The fourth-order valence-corrected chi connectivity index (χ4v) is 1.45. The zero-order valence-corrected chi connectivity index (χ0v) is 10.1. The molecule has 1 rings (SSSR count). The van der Waals surface area contributed by atoms with E-state index in [0.29, 0.717) is 6.04 Å². The van der Waals surface area contributed by atoms with Crippen molar-refractivity contribution in [3.63, 3.8) is 0 Å². The first kappa shape index (κ1) is 12.9. The first-order valence-electron chi connectivity index (χ1n) is 6.13. The second kappa shape index (κ2) is 8.08. The van der Waals surface area contributed by atoms with Gasteiger partial charge in [0.2, 0.25) is 0 Å². The van der Waals surface area contributed by atoms with Crippen molar-refractivity contribution in [3.8, 4) is 0 Å². The summed E-state index contributed by atoms with van der Waals surface area (Å²) in [5.74, 6) is 0.888. The summed E-state index contributed by atoms with van der Waals surface area (Å²) < 4.78 is 10.6. The van der Waals surface area contributed by atoms with Crippen molar-refractivity contribution < 1.29 is 9.47 Å². The molecule has 0 bridgehead atoms. The molecule has 0 saturated heterocycles. The Labute approximate surface area is 93.5 Å². The first-order chi connectivity index (χ1) is 7.33. The third-order valence-electron chi connectivity index (χ3n) is 2.76. The van der Waals surface area contributed by atoms with Crippen LogP contribution in [0.25, 0.3) is 0 Å². The second-order valence-corrected chi connectivity index (χ2v) is 4.51. The van der Waals surface area contributed by atoms with Gasteiger partial charge in [0.1, 0.15) is 0 Å². The number of rotatable bonds is 10. The second-order valence-electron chi connectivity index (χ2n) is 4.51. The summed E-state index contributed by atoms with van der Waals surface area (Å²) in [6, 6.07) is 0.549. The molecule has 1 saturated carbocycles. The van der Waals surface area contributed by atoms with Gasteiger partial charge in [0.05, 0.1) is 0 Å². The Morgan fingerprint density at radius 1 is 1.33 bits per heavy atom. The zero-order valence-electron chi connectivity index (χ0n) is 10.1. The fraction of sp³-hybridized carbons (Fsp3) is 1.00. The molecule has 1 aliphatic carbocycles. The van der Waals surface area contributed by atoms with Crippen LogP contribution in [0.3, 0.4) is 0 Å². The minimum Gasteiger partial charge on any atom is -0.385 e. The van der Waals surface area contributed by atoms with Gasteiger partial charge in [0.25, 0.3) is 0 Å². The minimum absolute atomic E-state index is 0.549. The molecule has 0 amide bonds. The molecule has 0 heterocycles. The highest BCUT2D eigenvalue weighted by Gasteiger charge is 2.20. The summed E-state index contributed by atoms with van der Waals surface area (Å²) in [6.07, 6.45) is 4.96. The van der Waals surface area contributed by atoms with E-state index in [9.17, 15) is 0 Å². The molecular weight excluding hydrogens is 190 g/mol. The molecule has 90 valence electrons. The van der Waals surface area contributed by atoms with Crippen molar-refractivity contribution in [1.29, 1.82) is 0 Å². The van der Waals surface area contributed by atoms with Crippen molar-refractivity contribution in [2.24, 2.45) is 5.92 Å². The number of nitrogens with one attached hydrogen (secondary N) is 1. The van der Waals surface area contributed by atoms with Gasteiger partial charge in [-0.05, 0) is 45.1 Å². The molecule has 1 N–H and O–H groups in total. The maximum absolute atomic E-state index is 5.56. The lowest BCUT2D eigenvalue weighted by Gasteiger charge is -2.12. The van der Waals surface area contributed by atoms with Crippen LogP contribution in [0.15, 0.2) is 0 Å². The van der Waals surface area contributed by atoms with Crippen LogP contribution < -0.4 is 5.32 Å². The van der Waals surface area contributed by atoms with Gasteiger partial charge < -0.3 is 14.8 Å². The van der Waals surface area contributed by atoms with Crippen molar-refractivity contribution >= 4 is 0 Å². The minimum atomic E-state index is 0.549. The van der Waals surface area contributed by atoms with E-state index in [1.54, 1.807) is 7.11 Å². The van der Waals surface area contributed by atoms with Crippen molar-refractivity contribution in [3.05, 3.63) is 0 Å². The number of ether oxygens (including phenoxy) is 2. The van der Waals surface area contributed by atoms with Gasteiger partial charge in [0, 0.05) is 33.0 Å². The molecule has 0 aromatic rings. The SMILES string of the molecule is COCCC(C)NCCCOCC1CC1. The molecule has 3 nitrogen and oxygen atoms in total. The third-order valence-corrected chi connectivity index (χ3v) is 2.76. The fourth-order valence-electron chi connectivity index (χ4n) is 1.45. The highest BCUT2D eigenvalue weighted by atomic mass is 16.5. The van der Waals surface area contributed by atoms with Crippen molar-refractivity contribution in [2.75, 3.05) is 33.5 Å². The Hall–Kier alpha value is -0.120. The summed E-state index contributed by atoms with van der Waals surface area (Å²) in [4.78, 5) is 0. The summed E-state index contributed by atoms with van der Waals surface area (Å²) in [7, 11) is 1.75. The van der Waals surface area contributed by atoms with E-state index in [0.717, 1.165) is 45.1 Å². The van der Waals surface area contributed by atoms with Gasteiger partial charge in [-0.15, -0.1) is 0 Å². The van der Waals surface area contributed by atoms with Gasteiger partial charge >= 0.3 is 0 Å². The number of hydrogen-bond donors (Lipinski definition) is 1. The Morgan fingerprint density at radius 2 is 2.13 bits per heavy atom. The van der Waals surface area contributed by atoms with E-state index in [4.69, 9.17) is 9.47 Å². The summed E-state index contributed by atoms with van der Waals surface area (Å²) in [5.41, 5.74) is 0. The van der Waals surface area contributed by atoms with Crippen LogP contribution in [0, 0.1) is 5.92 Å². The average Bonchev–Trinajstić information content (AvgIpc) is 3.04. The molecule has 0 aliphatic heterocycles. The summed E-state index contributed by atoms with van der Waals surface area (Å²) in [6.45, 7) is 5.98. The molecular formula is C12H25NO2. The van der Waals surface area contributed by atoms with Crippen LogP contribution in [0.4, 0.5) is 0 Å². The Kier molecular flexibility index (Phi) is 6.98. The molecule has 1 unspecified atom stereocenters. The lowest BCUT2D eigenvalue weighted by molar-refractivity contribution is 0.121. The monoisotopic (exact) mass is 215 g/mol. The van der Waals surface area contributed by atoms with Crippen molar-refractivity contribution in [2.45, 2.75) is 38.6 Å². The van der Waals surface area contributed by atoms with Crippen LogP contribution in [0.5, 0.6) is 0 Å². The Morgan fingerprint density at radius 3 is 2.80 bits per heavy atom. The summed E-state index contributed by atoms with van der Waals surface area (Å²) >= 11 is 0. The zero-order chi connectivity index (χ0) is 10.9. The van der Waals surface area contributed by atoms with Gasteiger partial charge in [-0.1, -0.05) is 0 Å². The third kappa shape index (κ3) is 7.77. The molecule has 1 fully saturated rings. The predicted octanol–water partition coefficient (Wildman–Crippen LogP) is 1.82. The molecule has 0 radical (unpaired) electrons. The predicted molar refractivity (Wildman–Crippen MR) is 62.1 cm³/mol. The topological polar surface area (TPSA) is 30.5 Å². The maximum Gasteiger partial charge on any atom is 0.0494 e. The van der Waals surface area contributed by atoms with E-state index >= 15 is 0 Å². The molecule has 3 heteroatoms. The van der Waals surface area contributed by atoms with E-state index < -0.39 is 0 Å². The van der Waals surface area contributed by atoms with E-state index in [1.807, 2.05) is 0 Å². The van der Waals surface area contributed by atoms with Gasteiger partial charge in [-0.3, -0.25) is 0 Å². The van der Waals surface area contributed by atoms with E-state index in [2.05, 4.69) is 12.2 Å². The normalized spacial score (nSPS) is 18.0. The lowest BCUT2D eigenvalue weighted by atomic mass is 10.2. The number of hydrogen-bond acceptors (Lipinski definition) is 3. The highest BCUT2D eigenvalue weighted by Crippen LogP contribution is 2.28. The lowest BCUT2D eigenvalue weighted by Crippen LogP contribution is -2.28.